The highest BCUT2D eigenvalue weighted by Gasteiger charge is 2.26. The summed E-state index contributed by atoms with van der Waals surface area (Å²) in [4.78, 5) is 28.8. The summed E-state index contributed by atoms with van der Waals surface area (Å²) in [6.45, 7) is 5.65. The fourth-order valence-electron chi connectivity index (χ4n) is 4.44. The second-order valence-electron chi connectivity index (χ2n) is 8.53. The Balaban J connectivity index is 1.26. The lowest BCUT2D eigenvalue weighted by atomic mass is 9.95. The molecule has 32 heavy (non-hydrogen) atoms. The molecule has 160 valence electrons. The number of benzene rings is 2. The number of hydrogen-bond donors (Lipinski definition) is 0. The van der Waals surface area contributed by atoms with Crippen molar-refractivity contribution in [2.24, 2.45) is 0 Å². The molecule has 0 radical (unpaired) electrons. The number of nitrogens with zero attached hydrogens (tertiary/aromatic N) is 4. The number of carbonyl (C=O) groups is 1. The standard InChI is InChI=1S/C27H26N4O/c1-18-6-5-8-23(19(18)2)22-16-28-26(29-17-22)21-12-14-31(15-13-21)27(32)25-11-10-20-7-3-4-9-24(20)30-25/h3-11,16-17,21H,12-15H2,1-2H3. The Morgan fingerprint density at radius 3 is 2.44 bits per heavy atom. The molecular formula is C27H26N4O. The fourth-order valence-corrected chi connectivity index (χ4v) is 4.44. The molecule has 1 amide bonds. The molecule has 0 unspecified atom stereocenters. The van der Waals surface area contributed by atoms with Crippen LogP contribution < -0.4 is 0 Å². The molecule has 5 rings (SSSR count). The molecule has 0 N–H and O–H groups in total. The van der Waals surface area contributed by atoms with Crippen LogP contribution in [-0.4, -0.2) is 38.8 Å². The number of aromatic nitrogens is 3. The van der Waals surface area contributed by atoms with Gasteiger partial charge in [-0.2, -0.15) is 0 Å². The number of amides is 1. The van der Waals surface area contributed by atoms with E-state index in [9.17, 15) is 4.79 Å². The van der Waals surface area contributed by atoms with E-state index in [1.165, 1.54) is 16.7 Å². The van der Waals surface area contributed by atoms with Crippen molar-refractivity contribution in [3.05, 3.63) is 89.6 Å². The van der Waals surface area contributed by atoms with Crippen LogP contribution >= 0.6 is 0 Å². The molecule has 2 aromatic heterocycles. The first kappa shape index (κ1) is 20.3. The van der Waals surface area contributed by atoms with E-state index in [0.29, 0.717) is 18.8 Å². The molecular weight excluding hydrogens is 396 g/mol. The molecule has 0 aliphatic carbocycles. The molecule has 0 saturated carbocycles. The van der Waals surface area contributed by atoms with Gasteiger partial charge in [0.25, 0.3) is 5.91 Å². The lowest BCUT2D eigenvalue weighted by molar-refractivity contribution is 0.0705. The van der Waals surface area contributed by atoms with Gasteiger partial charge in [0.05, 0.1) is 5.52 Å². The predicted octanol–water partition coefficient (Wildman–Crippen LogP) is 5.33. The molecule has 1 aliphatic rings. The van der Waals surface area contributed by atoms with Crippen LogP contribution in [0.2, 0.25) is 0 Å². The third-order valence-corrected chi connectivity index (χ3v) is 6.55. The van der Waals surface area contributed by atoms with Crippen molar-refractivity contribution in [1.82, 2.24) is 19.9 Å². The second kappa shape index (κ2) is 8.50. The van der Waals surface area contributed by atoms with Crippen molar-refractivity contribution in [2.75, 3.05) is 13.1 Å². The molecule has 0 atom stereocenters. The van der Waals surface area contributed by atoms with Crippen molar-refractivity contribution in [1.29, 1.82) is 0 Å². The van der Waals surface area contributed by atoms with Gasteiger partial charge in [-0.3, -0.25) is 4.79 Å². The number of para-hydroxylation sites is 1. The third-order valence-electron chi connectivity index (χ3n) is 6.55. The average Bonchev–Trinajstić information content (AvgIpc) is 2.85. The highest BCUT2D eigenvalue weighted by Crippen LogP contribution is 2.29. The van der Waals surface area contributed by atoms with Gasteiger partial charge in [0, 0.05) is 42.4 Å². The maximum atomic E-state index is 13.0. The minimum Gasteiger partial charge on any atom is -0.337 e. The zero-order chi connectivity index (χ0) is 22.1. The van der Waals surface area contributed by atoms with Crippen molar-refractivity contribution >= 4 is 16.8 Å². The van der Waals surface area contributed by atoms with Crippen LogP contribution in [0.25, 0.3) is 22.0 Å². The molecule has 1 aliphatic heterocycles. The molecule has 2 aromatic carbocycles. The van der Waals surface area contributed by atoms with Gasteiger partial charge in [-0.25, -0.2) is 15.0 Å². The molecule has 0 spiro atoms. The number of fused-ring (bicyclic) bond motifs is 1. The summed E-state index contributed by atoms with van der Waals surface area (Å²) in [5.41, 5.74) is 6.12. The smallest absolute Gasteiger partial charge is 0.272 e. The summed E-state index contributed by atoms with van der Waals surface area (Å²) in [5, 5.41) is 1.05. The number of pyridine rings is 1. The summed E-state index contributed by atoms with van der Waals surface area (Å²) < 4.78 is 0. The molecule has 1 fully saturated rings. The summed E-state index contributed by atoms with van der Waals surface area (Å²) in [7, 11) is 0. The number of carbonyl (C=O) groups excluding carboxylic acids is 1. The van der Waals surface area contributed by atoms with E-state index < -0.39 is 0 Å². The first-order chi connectivity index (χ1) is 15.6. The minimum absolute atomic E-state index is 0.000363. The zero-order valence-corrected chi connectivity index (χ0v) is 18.5. The number of likely N-dealkylation sites (tertiary alicyclic amines) is 1. The van der Waals surface area contributed by atoms with E-state index in [1.807, 2.05) is 53.7 Å². The largest absolute Gasteiger partial charge is 0.337 e. The maximum absolute atomic E-state index is 13.0. The van der Waals surface area contributed by atoms with Gasteiger partial charge in [-0.05, 0) is 55.5 Å². The Morgan fingerprint density at radius 1 is 0.906 bits per heavy atom. The van der Waals surface area contributed by atoms with Gasteiger partial charge in [-0.15, -0.1) is 0 Å². The topological polar surface area (TPSA) is 59.0 Å². The summed E-state index contributed by atoms with van der Waals surface area (Å²) in [6.07, 6.45) is 5.59. The molecule has 4 aromatic rings. The Morgan fingerprint density at radius 2 is 1.66 bits per heavy atom. The first-order valence-corrected chi connectivity index (χ1v) is 11.1. The lowest BCUT2D eigenvalue weighted by Crippen LogP contribution is -2.38. The highest BCUT2D eigenvalue weighted by atomic mass is 16.2. The van der Waals surface area contributed by atoms with Crippen molar-refractivity contribution in [2.45, 2.75) is 32.6 Å². The van der Waals surface area contributed by atoms with Crippen LogP contribution in [0.15, 0.2) is 67.0 Å². The SMILES string of the molecule is Cc1cccc(-c2cnc(C3CCN(C(=O)c4ccc5ccccc5n4)CC3)nc2)c1C. The van der Waals surface area contributed by atoms with Crippen LogP contribution in [0.5, 0.6) is 0 Å². The van der Waals surface area contributed by atoms with Crippen LogP contribution in [0.3, 0.4) is 0 Å². The fraction of sp³-hybridized carbons (Fsp3) is 0.259. The molecule has 5 heteroatoms. The van der Waals surface area contributed by atoms with Crippen molar-refractivity contribution in [3.8, 4) is 11.1 Å². The quantitative estimate of drug-likeness (QED) is 0.448. The van der Waals surface area contributed by atoms with Gasteiger partial charge in [0.15, 0.2) is 0 Å². The van der Waals surface area contributed by atoms with Crippen LogP contribution in [-0.2, 0) is 0 Å². The van der Waals surface area contributed by atoms with E-state index in [0.717, 1.165) is 35.1 Å². The molecule has 0 bridgehead atoms. The zero-order valence-electron chi connectivity index (χ0n) is 18.5. The predicted molar refractivity (Wildman–Crippen MR) is 127 cm³/mol. The number of rotatable bonds is 3. The van der Waals surface area contributed by atoms with Crippen LogP contribution in [0, 0.1) is 13.8 Å². The highest BCUT2D eigenvalue weighted by molar-refractivity contribution is 5.95. The molecule has 5 nitrogen and oxygen atoms in total. The van der Waals surface area contributed by atoms with E-state index in [2.05, 4.69) is 47.0 Å². The Hall–Kier alpha value is -3.60. The normalized spacial score (nSPS) is 14.6. The Bertz CT molecular complexity index is 1270. The molecule has 3 heterocycles. The van der Waals surface area contributed by atoms with E-state index in [4.69, 9.17) is 0 Å². The molecule has 1 saturated heterocycles. The van der Waals surface area contributed by atoms with Crippen molar-refractivity contribution in [3.63, 3.8) is 0 Å². The Kier molecular flexibility index (Phi) is 5.39. The van der Waals surface area contributed by atoms with E-state index >= 15 is 0 Å². The van der Waals surface area contributed by atoms with E-state index in [-0.39, 0.29) is 11.8 Å². The third kappa shape index (κ3) is 3.86. The number of aryl methyl sites for hydroxylation is 1. The summed E-state index contributed by atoms with van der Waals surface area (Å²) in [5.74, 6) is 1.15. The average molecular weight is 423 g/mol. The van der Waals surface area contributed by atoms with Gasteiger partial charge < -0.3 is 4.90 Å². The number of hydrogen-bond acceptors (Lipinski definition) is 4. The number of piperidine rings is 1. The lowest BCUT2D eigenvalue weighted by Gasteiger charge is -2.31. The van der Waals surface area contributed by atoms with Crippen molar-refractivity contribution < 1.29 is 4.79 Å². The van der Waals surface area contributed by atoms with Crippen LogP contribution in [0.4, 0.5) is 0 Å². The van der Waals surface area contributed by atoms with Gasteiger partial charge in [0.2, 0.25) is 0 Å². The van der Waals surface area contributed by atoms with Gasteiger partial charge >= 0.3 is 0 Å². The first-order valence-electron chi connectivity index (χ1n) is 11.1. The second-order valence-corrected chi connectivity index (χ2v) is 8.53. The monoisotopic (exact) mass is 422 g/mol. The van der Waals surface area contributed by atoms with Gasteiger partial charge in [0.1, 0.15) is 11.5 Å². The Labute approximate surface area is 188 Å². The van der Waals surface area contributed by atoms with E-state index in [1.54, 1.807) is 0 Å². The van der Waals surface area contributed by atoms with Gasteiger partial charge in [-0.1, -0.05) is 42.5 Å². The summed E-state index contributed by atoms with van der Waals surface area (Å²) in [6, 6.07) is 18.0. The minimum atomic E-state index is 0.000363. The summed E-state index contributed by atoms with van der Waals surface area (Å²) >= 11 is 0. The maximum Gasteiger partial charge on any atom is 0.272 e. The van der Waals surface area contributed by atoms with Crippen LogP contribution in [0.1, 0.15) is 46.2 Å².